The van der Waals surface area contributed by atoms with Crippen molar-refractivity contribution in [3.05, 3.63) is 30.3 Å². The number of rotatable bonds is 7. The summed E-state index contributed by atoms with van der Waals surface area (Å²) in [7, 11) is 0. The molecule has 0 radical (unpaired) electrons. The molecule has 2 amide bonds. The fourth-order valence-corrected chi connectivity index (χ4v) is 2.16. The van der Waals surface area contributed by atoms with Gasteiger partial charge in [0.05, 0.1) is 19.3 Å². The average molecular weight is 308 g/mol. The van der Waals surface area contributed by atoms with Crippen molar-refractivity contribution in [2.45, 2.75) is 18.6 Å². The van der Waals surface area contributed by atoms with E-state index in [-0.39, 0.29) is 31.3 Å². The SMILES string of the molecule is NC(=O)COCC(=O)N[C@@H]1COCC[C@@H]1Oc1ccccc1. The molecule has 0 spiro atoms. The van der Waals surface area contributed by atoms with Crippen LogP contribution >= 0.6 is 0 Å². The molecule has 2 rings (SSSR count). The maximum absolute atomic E-state index is 11.8. The first-order chi connectivity index (χ1) is 10.6. The number of amides is 2. The van der Waals surface area contributed by atoms with Gasteiger partial charge in [-0.05, 0) is 12.1 Å². The van der Waals surface area contributed by atoms with E-state index in [1.54, 1.807) is 0 Å². The van der Waals surface area contributed by atoms with Crippen molar-refractivity contribution in [1.82, 2.24) is 5.32 Å². The van der Waals surface area contributed by atoms with Gasteiger partial charge in [-0.3, -0.25) is 9.59 Å². The van der Waals surface area contributed by atoms with Crippen molar-refractivity contribution in [2.24, 2.45) is 5.73 Å². The molecule has 0 aromatic heterocycles. The molecule has 1 fully saturated rings. The van der Waals surface area contributed by atoms with Crippen LogP contribution in [0.25, 0.3) is 0 Å². The lowest BCUT2D eigenvalue weighted by atomic mass is 10.1. The van der Waals surface area contributed by atoms with Crippen LogP contribution in [0, 0.1) is 0 Å². The van der Waals surface area contributed by atoms with E-state index >= 15 is 0 Å². The maximum atomic E-state index is 11.8. The molecule has 1 aliphatic heterocycles. The highest BCUT2D eigenvalue weighted by atomic mass is 16.5. The molecule has 1 aromatic rings. The van der Waals surface area contributed by atoms with Crippen LogP contribution < -0.4 is 15.8 Å². The molecule has 1 aromatic carbocycles. The Morgan fingerprint density at radius 1 is 1.27 bits per heavy atom. The number of hydrogen-bond donors (Lipinski definition) is 2. The van der Waals surface area contributed by atoms with Crippen LogP contribution in [0.2, 0.25) is 0 Å². The summed E-state index contributed by atoms with van der Waals surface area (Å²) in [6.07, 6.45) is 0.512. The summed E-state index contributed by atoms with van der Waals surface area (Å²) in [4.78, 5) is 22.3. The summed E-state index contributed by atoms with van der Waals surface area (Å²) in [5, 5.41) is 2.80. The fraction of sp³-hybridized carbons (Fsp3) is 0.467. The monoisotopic (exact) mass is 308 g/mol. The Kier molecular flexibility index (Phi) is 6.17. The zero-order valence-corrected chi connectivity index (χ0v) is 12.2. The van der Waals surface area contributed by atoms with Crippen LogP contribution in [0.3, 0.4) is 0 Å². The number of para-hydroxylation sites is 1. The van der Waals surface area contributed by atoms with Crippen molar-refractivity contribution in [2.75, 3.05) is 26.4 Å². The summed E-state index contributed by atoms with van der Waals surface area (Å²) < 4.78 is 16.2. The fourth-order valence-electron chi connectivity index (χ4n) is 2.16. The molecule has 7 heteroatoms. The maximum Gasteiger partial charge on any atom is 0.246 e. The normalized spacial score (nSPS) is 21.1. The van der Waals surface area contributed by atoms with Crippen LogP contribution in [0.5, 0.6) is 5.75 Å². The molecule has 0 bridgehead atoms. The third-order valence-electron chi connectivity index (χ3n) is 3.15. The van der Waals surface area contributed by atoms with E-state index in [1.165, 1.54) is 0 Å². The van der Waals surface area contributed by atoms with E-state index in [1.807, 2.05) is 30.3 Å². The first kappa shape index (κ1) is 16.3. The number of hydrogen-bond acceptors (Lipinski definition) is 5. The number of primary amides is 1. The first-order valence-corrected chi connectivity index (χ1v) is 7.10. The molecule has 7 nitrogen and oxygen atoms in total. The van der Waals surface area contributed by atoms with E-state index in [9.17, 15) is 9.59 Å². The van der Waals surface area contributed by atoms with Crippen molar-refractivity contribution in [3.8, 4) is 5.75 Å². The molecule has 1 saturated heterocycles. The molecule has 0 saturated carbocycles. The molecule has 2 atom stereocenters. The van der Waals surface area contributed by atoms with E-state index < -0.39 is 5.91 Å². The van der Waals surface area contributed by atoms with Crippen LogP contribution in [0.15, 0.2) is 30.3 Å². The summed E-state index contributed by atoms with van der Waals surface area (Å²) in [6.45, 7) is 0.455. The van der Waals surface area contributed by atoms with Gasteiger partial charge in [-0.1, -0.05) is 18.2 Å². The van der Waals surface area contributed by atoms with Gasteiger partial charge in [0.1, 0.15) is 25.1 Å². The van der Waals surface area contributed by atoms with Gasteiger partial charge < -0.3 is 25.3 Å². The first-order valence-electron chi connectivity index (χ1n) is 7.10. The number of benzene rings is 1. The smallest absolute Gasteiger partial charge is 0.246 e. The molecular weight excluding hydrogens is 288 g/mol. The molecule has 1 aliphatic rings. The zero-order valence-electron chi connectivity index (χ0n) is 12.2. The van der Waals surface area contributed by atoms with E-state index in [2.05, 4.69) is 5.32 Å². The van der Waals surface area contributed by atoms with Crippen molar-refractivity contribution in [1.29, 1.82) is 0 Å². The topological polar surface area (TPSA) is 99.9 Å². The summed E-state index contributed by atoms with van der Waals surface area (Å²) in [5.74, 6) is -0.198. The average Bonchev–Trinajstić information content (AvgIpc) is 2.50. The van der Waals surface area contributed by atoms with Gasteiger partial charge in [-0.2, -0.15) is 0 Å². The lowest BCUT2D eigenvalue weighted by Crippen LogP contribution is -2.52. The minimum atomic E-state index is -0.612. The van der Waals surface area contributed by atoms with Crippen molar-refractivity contribution in [3.63, 3.8) is 0 Å². The molecule has 22 heavy (non-hydrogen) atoms. The van der Waals surface area contributed by atoms with Gasteiger partial charge in [-0.25, -0.2) is 0 Å². The largest absolute Gasteiger partial charge is 0.488 e. The highest BCUT2D eigenvalue weighted by Crippen LogP contribution is 2.17. The Balaban J connectivity index is 1.84. The second-order valence-electron chi connectivity index (χ2n) is 4.97. The van der Waals surface area contributed by atoms with Gasteiger partial charge in [0, 0.05) is 6.42 Å². The van der Waals surface area contributed by atoms with E-state index in [0.717, 1.165) is 5.75 Å². The third-order valence-corrected chi connectivity index (χ3v) is 3.15. The van der Waals surface area contributed by atoms with Crippen LogP contribution in [-0.2, 0) is 19.1 Å². The molecule has 0 unspecified atom stereocenters. The number of nitrogens with one attached hydrogen (secondary N) is 1. The number of ether oxygens (including phenoxy) is 3. The van der Waals surface area contributed by atoms with Gasteiger partial charge in [-0.15, -0.1) is 0 Å². The second-order valence-corrected chi connectivity index (χ2v) is 4.97. The Hall–Kier alpha value is -2.12. The Bertz CT molecular complexity index is 494. The minimum absolute atomic E-state index is 0.170. The van der Waals surface area contributed by atoms with Gasteiger partial charge in [0.15, 0.2) is 0 Å². The lowest BCUT2D eigenvalue weighted by molar-refractivity contribution is -0.131. The van der Waals surface area contributed by atoms with Crippen LogP contribution in [-0.4, -0.2) is 50.4 Å². The van der Waals surface area contributed by atoms with E-state index in [4.69, 9.17) is 19.9 Å². The molecule has 120 valence electrons. The van der Waals surface area contributed by atoms with Gasteiger partial charge in [0.25, 0.3) is 0 Å². The Morgan fingerprint density at radius 3 is 2.77 bits per heavy atom. The van der Waals surface area contributed by atoms with Gasteiger partial charge >= 0.3 is 0 Å². The molecule has 0 aliphatic carbocycles. The number of carbonyl (C=O) groups is 2. The predicted molar refractivity (Wildman–Crippen MR) is 78.2 cm³/mol. The van der Waals surface area contributed by atoms with Crippen molar-refractivity contribution < 1.29 is 23.8 Å². The van der Waals surface area contributed by atoms with Crippen molar-refractivity contribution >= 4 is 11.8 Å². The zero-order chi connectivity index (χ0) is 15.8. The summed E-state index contributed by atoms with van der Waals surface area (Å²) in [5.41, 5.74) is 4.94. The highest BCUT2D eigenvalue weighted by Gasteiger charge is 2.28. The number of nitrogens with two attached hydrogens (primary N) is 1. The van der Waals surface area contributed by atoms with E-state index in [0.29, 0.717) is 19.6 Å². The highest BCUT2D eigenvalue weighted by molar-refractivity contribution is 5.79. The molecule has 1 heterocycles. The number of carbonyl (C=O) groups excluding carboxylic acids is 2. The Morgan fingerprint density at radius 2 is 2.05 bits per heavy atom. The van der Waals surface area contributed by atoms with Crippen LogP contribution in [0.4, 0.5) is 0 Å². The lowest BCUT2D eigenvalue weighted by Gasteiger charge is -2.32. The van der Waals surface area contributed by atoms with Gasteiger partial charge in [0.2, 0.25) is 11.8 Å². The quantitative estimate of drug-likeness (QED) is 0.729. The van der Waals surface area contributed by atoms with Crippen LogP contribution in [0.1, 0.15) is 6.42 Å². The summed E-state index contributed by atoms with van der Waals surface area (Å²) in [6, 6.07) is 9.15. The predicted octanol–water partition coefficient (Wildman–Crippen LogP) is -0.159. The Labute approximate surface area is 128 Å². The summed E-state index contributed by atoms with van der Waals surface area (Å²) >= 11 is 0. The second kappa shape index (κ2) is 8.35. The molecule has 3 N–H and O–H groups in total. The molecular formula is C15H20N2O5. The standard InChI is InChI=1S/C15H20N2O5/c16-14(18)9-21-10-15(19)17-12-8-20-7-6-13(12)22-11-4-2-1-3-5-11/h1-5,12-13H,6-10H2,(H2,16,18)(H,17,19)/t12-,13+/m1/s1. The minimum Gasteiger partial charge on any atom is -0.488 e. The third kappa shape index (κ3) is 5.34.